The number of carbonyl (C=O) groups is 1. The van der Waals surface area contributed by atoms with Crippen molar-refractivity contribution in [3.63, 3.8) is 0 Å². The molecule has 0 aliphatic heterocycles. The second-order valence-electron chi connectivity index (χ2n) is 5.02. The average Bonchev–Trinajstić information content (AvgIpc) is 2.26. The third-order valence-corrected chi connectivity index (χ3v) is 3.45. The molecule has 3 unspecified atom stereocenters. The van der Waals surface area contributed by atoms with Crippen molar-refractivity contribution >= 4 is 5.91 Å². The van der Waals surface area contributed by atoms with Gasteiger partial charge in [-0.3, -0.25) is 4.79 Å². The topological polar surface area (TPSA) is 75.4 Å². The summed E-state index contributed by atoms with van der Waals surface area (Å²) in [6.07, 6.45) is -2.20. The average molecular weight is 268 g/mol. The molecule has 1 aliphatic carbocycles. The molecular formula is C11H19F3N2O2. The summed E-state index contributed by atoms with van der Waals surface area (Å²) in [7, 11) is 0. The molecule has 4 N–H and O–H groups in total. The molecule has 18 heavy (non-hydrogen) atoms. The van der Waals surface area contributed by atoms with E-state index in [4.69, 9.17) is 5.73 Å². The van der Waals surface area contributed by atoms with Crippen LogP contribution in [0.3, 0.4) is 0 Å². The van der Waals surface area contributed by atoms with Crippen molar-refractivity contribution in [1.29, 1.82) is 0 Å². The summed E-state index contributed by atoms with van der Waals surface area (Å²) in [4.78, 5) is 11.4. The molecule has 4 nitrogen and oxygen atoms in total. The highest BCUT2D eigenvalue weighted by Crippen LogP contribution is 2.28. The van der Waals surface area contributed by atoms with Gasteiger partial charge in [0.15, 0.2) is 5.54 Å². The van der Waals surface area contributed by atoms with Gasteiger partial charge in [0, 0.05) is 12.5 Å². The van der Waals surface area contributed by atoms with Gasteiger partial charge in [-0.25, -0.2) is 0 Å². The Morgan fingerprint density at radius 2 is 1.94 bits per heavy atom. The Hall–Kier alpha value is -0.820. The van der Waals surface area contributed by atoms with Crippen molar-refractivity contribution in [2.24, 2.45) is 11.7 Å². The molecular weight excluding hydrogens is 249 g/mol. The molecule has 0 radical (unpaired) electrons. The van der Waals surface area contributed by atoms with E-state index in [0.29, 0.717) is 19.8 Å². The fourth-order valence-electron chi connectivity index (χ4n) is 1.96. The number of alkyl halides is 3. The Morgan fingerprint density at radius 1 is 1.39 bits per heavy atom. The van der Waals surface area contributed by atoms with Crippen LogP contribution >= 0.6 is 0 Å². The van der Waals surface area contributed by atoms with E-state index in [1.807, 2.05) is 0 Å². The highest BCUT2D eigenvalue weighted by atomic mass is 19.4. The number of nitrogens with two attached hydrogens (primary N) is 1. The van der Waals surface area contributed by atoms with Crippen molar-refractivity contribution in [3.8, 4) is 0 Å². The van der Waals surface area contributed by atoms with Gasteiger partial charge in [-0.1, -0.05) is 12.8 Å². The summed E-state index contributed by atoms with van der Waals surface area (Å²) >= 11 is 0. The van der Waals surface area contributed by atoms with Crippen molar-refractivity contribution in [1.82, 2.24) is 5.32 Å². The third-order valence-electron chi connectivity index (χ3n) is 3.45. The van der Waals surface area contributed by atoms with E-state index in [-0.39, 0.29) is 12.5 Å². The normalized spacial score (nSPS) is 28.6. The first-order valence-electron chi connectivity index (χ1n) is 5.98. The molecule has 1 amide bonds. The maximum atomic E-state index is 12.5. The lowest BCUT2D eigenvalue weighted by atomic mass is 9.86. The van der Waals surface area contributed by atoms with Gasteiger partial charge in [0.05, 0.1) is 6.10 Å². The number of nitrogens with one attached hydrogen (secondary N) is 1. The molecule has 1 aliphatic rings. The van der Waals surface area contributed by atoms with Crippen LogP contribution in [0.25, 0.3) is 0 Å². The maximum absolute atomic E-state index is 12.5. The zero-order valence-electron chi connectivity index (χ0n) is 10.3. The second-order valence-corrected chi connectivity index (χ2v) is 5.02. The Bertz CT molecular complexity index is 305. The van der Waals surface area contributed by atoms with Crippen molar-refractivity contribution in [3.05, 3.63) is 0 Å². The zero-order chi connectivity index (χ0) is 14.0. The van der Waals surface area contributed by atoms with Gasteiger partial charge in [0.25, 0.3) is 0 Å². The van der Waals surface area contributed by atoms with Crippen LogP contribution in [0.15, 0.2) is 0 Å². The standard InChI is InChI=1S/C11H19F3N2O2/c1-10(15,11(12,13)14)9(18)16-6-7-4-2-3-5-8(7)17/h7-8,17H,2-6,15H2,1H3,(H,16,18). The van der Waals surface area contributed by atoms with Gasteiger partial charge in [-0.15, -0.1) is 0 Å². The van der Waals surface area contributed by atoms with Crippen molar-refractivity contribution < 1.29 is 23.1 Å². The zero-order valence-corrected chi connectivity index (χ0v) is 10.3. The monoisotopic (exact) mass is 268 g/mol. The summed E-state index contributed by atoms with van der Waals surface area (Å²) < 4.78 is 37.5. The van der Waals surface area contributed by atoms with Crippen LogP contribution in [0.2, 0.25) is 0 Å². The molecule has 3 atom stereocenters. The molecule has 0 aromatic carbocycles. The first-order valence-corrected chi connectivity index (χ1v) is 5.98. The van der Waals surface area contributed by atoms with E-state index in [1.54, 1.807) is 0 Å². The molecule has 1 rings (SSSR count). The van der Waals surface area contributed by atoms with Crippen LogP contribution in [0, 0.1) is 5.92 Å². The molecule has 0 aromatic heterocycles. The van der Waals surface area contributed by atoms with E-state index < -0.39 is 23.7 Å². The van der Waals surface area contributed by atoms with Crippen LogP contribution < -0.4 is 11.1 Å². The predicted molar refractivity (Wildman–Crippen MR) is 59.6 cm³/mol. The highest BCUT2D eigenvalue weighted by molar-refractivity contribution is 5.86. The van der Waals surface area contributed by atoms with Gasteiger partial charge in [0.1, 0.15) is 0 Å². The minimum Gasteiger partial charge on any atom is -0.393 e. The Balaban J connectivity index is 2.50. The molecule has 0 aromatic rings. The van der Waals surface area contributed by atoms with Crippen LogP contribution in [-0.2, 0) is 4.79 Å². The van der Waals surface area contributed by atoms with E-state index in [2.05, 4.69) is 5.32 Å². The number of aliphatic hydroxyl groups is 1. The lowest BCUT2D eigenvalue weighted by Crippen LogP contribution is -2.62. The summed E-state index contributed by atoms with van der Waals surface area (Å²) in [6, 6.07) is 0. The Labute approximate surface area is 104 Å². The van der Waals surface area contributed by atoms with Crippen LogP contribution in [-0.4, -0.2) is 35.4 Å². The molecule has 0 bridgehead atoms. The molecule has 106 valence electrons. The number of hydrogen-bond donors (Lipinski definition) is 3. The number of carbonyl (C=O) groups excluding carboxylic acids is 1. The molecule has 0 saturated heterocycles. The van der Waals surface area contributed by atoms with Gasteiger partial charge in [-0.05, 0) is 19.8 Å². The van der Waals surface area contributed by atoms with Crippen LogP contribution in [0.1, 0.15) is 32.6 Å². The first-order chi connectivity index (χ1) is 8.16. The molecule has 1 fully saturated rings. The molecule has 0 heterocycles. The molecule has 0 spiro atoms. The van der Waals surface area contributed by atoms with E-state index in [1.165, 1.54) is 0 Å². The Morgan fingerprint density at radius 3 is 2.44 bits per heavy atom. The third kappa shape index (κ3) is 3.35. The Kier molecular flexibility index (Phi) is 4.61. The SMILES string of the molecule is CC(N)(C(=O)NCC1CCCCC1O)C(F)(F)F. The fourth-order valence-corrected chi connectivity index (χ4v) is 1.96. The summed E-state index contributed by atoms with van der Waals surface area (Å²) in [5.41, 5.74) is 2.09. The van der Waals surface area contributed by atoms with Crippen LogP contribution in [0.5, 0.6) is 0 Å². The number of rotatable bonds is 3. The van der Waals surface area contributed by atoms with E-state index in [0.717, 1.165) is 12.8 Å². The molecule has 7 heteroatoms. The minimum absolute atomic E-state index is 0.0306. The predicted octanol–water partition coefficient (Wildman–Crippen LogP) is 0.933. The van der Waals surface area contributed by atoms with Crippen LogP contribution in [0.4, 0.5) is 13.2 Å². The number of amides is 1. The van der Waals surface area contributed by atoms with E-state index in [9.17, 15) is 23.1 Å². The summed E-state index contributed by atoms with van der Waals surface area (Å²) in [5, 5.41) is 11.8. The maximum Gasteiger partial charge on any atom is 0.415 e. The minimum atomic E-state index is -4.79. The van der Waals surface area contributed by atoms with Crippen molar-refractivity contribution in [2.45, 2.75) is 50.4 Å². The smallest absolute Gasteiger partial charge is 0.393 e. The van der Waals surface area contributed by atoms with Gasteiger partial charge >= 0.3 is 6.18 Å². The summed E-state index contributed by atoms with van der Waals surface area (Å²) in [6.45, 7) is 0.669. The lowest BCUT2D eigenvalue weighted by Gasteiger charge is -2.30. The van der Waals surface area contributed by atoms with E-state index >= 15 is 0 Å². The fraction of sp³-hybridized carbons (Fsp3) is 0.909. The molecule has 1 saturated carbocycles. The first kappa shape index (κ1) is 15.2. The highest BCUT2D eigenvalue weighted by Gasteiger charge is 2.53. The number of hydrogen-bond acceptors (Lipinski definition) is 3. The largest absolute Gasteiger partial charge is 0.415 e. The number of aliphatic hydroxyl groups excluding tert-OH is 1. The van der Waals surface area contributed by atoms with Gasteiger partial charge in [-0.2, -0.15) is 13.2 Å². The quantitative estimate of drug-likeness (QED) is 0.713. The summed E-state index contributed by atoms with van der Waals surface area (Å²) in [5.74, 6) is -1.44. The van der Waals surface area contributed by atoms with Crippen molar-refractivity contribution in [2.75, 3.05) is 6.54 Å². The second kappa shape index (κ2) is 5.44. The number of halogens is 3. The van der Waals surface area contributed by atoms with Gasteiger partial charge < -0.3 is 16.2 Å². The lowest BCUT2D eigenvalue weighted by molar-refractivity contribution is -0.187. The van der Waals surface area contributed by atoms with Gasteiger partial charge in [0.2, 0.25) is 5.91 Å².